The highest BCUT2D eigenvalue weighted by Crippen LogP contribution is 2.17. The highest BCUT2D eigenvalue weighted by atomic mass is 16.3. The quantitative estimate of drug-likeness (QED) is 0.862. The van der Waals surface area contributed by atoms with Gasteiger partial charge in [-0.05, 0) is 26.0 Å². The highest BCUT2D eigenvalue weighted by molar-refractivity contribution is 5.91. The summed E-state index contributed by atoms with van der Waals surface area (Å²) in [7, 11) is 0. The van der Waals surface area contributed by atoms with Crippen LogP contribution in [0.5, 0.6) is 0 Å². The van der Waals surface area contributed by atoms with E-state index in [4.69, 9.17) is 10.2 Å². The third kappa shape index (κ3) is 2.57. The first-order chi connectivity index (χ1) is 8.54. The number of hydrogen-bond donors (Lipinski definition) is 1. The van der Waals surface area contributed by atoms with E-state index in [9.17, 15) is 4.79 Å². The van der Waals surface area contributed by atoms with Crippen LogP contribution >= 0.6 is 0 Å². The summed E-state index contributed by atoms with van der Waals surface area (Å²) in [6.45, 7) is 8.06. The van der Waals surface area contributed by atoms with Crippen LogP contribution in [0.2, 0.25) is 0 Å². The maximum Gasteiger partial charge on any atom is 0.289 e. The van der Waals surface area contributed by atoms with Gasteiger partial charge < -0.3 is 15.1 Å². The van der Waals surface area contributed by atoms with Crippen LogP contribution in [-0.4, -0.2) is 54.0 Å². The lowest BCUT2D eigenvalue weighted by molar-refractivity contribution is 0.0404. The SMILES string of the molecule is CC(C)(CN)N1CCN(C(=O)c2ccco2)CC1. The summed E-state index contributed by atoms with van der Waals surface area (Å²) in [5.41, 5.74) is 5.77. The molecule has 1 aromatic heterocycles. The second-order valence-corrected chi connectivity index (χ2v) is 5.27. The van der Waals surface area contributed by atoms with Gasteiger partial charge in [0.25, 0.3) is 5.91 Å². The molecule has 1 aliphatic rings. The molecule has 1 aromatic rings. The molecule has 0 saturated carbocycles. The van der Waals surface area contributed by atoms with Crippen molar-refractivity contribution in [1.29, 1.82) is 0 Å². The second kappa shape index (κ2) is 5.12. The first kappa shape index (κ1) is 13.1. The Morgan fingerprint density at radius 2 is 2.06 bits per heavy atom. The molecule has 2 heterocycles. The van der Waals surface area contributed by atoms with Crippen molar-refractivity contribution in [2.75, 3.05) is 32.7 Å². The van der Waals surface area contributed by atoms with E-state index in [-0.39, 0.29) is 11.4 Å². The Bertz CT molecular complexity index is 392. The van der Waals surface area contributed by atoms with Crippen LogP contribution < -0.4 is 5.73 Å². The van der Waals surface area contributed by atoms with E-state index in [2.05, 4.69) is 18.7 Å². The molecule has 0 bridgehead atoms. The Morgan fingerprint density at radius 1 is 1.39 bits per heavy atom. The number of piperazine rings is 1. The lowest BCUT2D eigenvalue weighted by Gasteiger charge is -2.43. The molecule has 5 heteroatoms. The lowest BCUT2D eigenvalue weighted by atomic mass is 10.0. The molecule has 0 radical (unpaired) electrons. The molecule has 1 aliphatic heterocycles. The molecule has 2 rings (SSSR count). The van der Waals surface area contributed by atoms with Gasteiger partial charge in [0.15, 0.2) is 5.76 Å². The van der Waals surface area contributed by atoms with Gasteiger partial charge in [-0.1, -0.05) is 0 Å². The van der Waals surface area contributed by atoms with Gasteiger partial charge >= 0.3 is 0 Å². The minimum atomic E-state index is -0.0230. The number of rotatable bonds is 3. The Hall–Kier alpha value is -1.33. The van der Waals surface area contributed by atoms with E-state index >= 15 is 0 Å². The van der Waals surface area contributed by atoms with E-state index in [1.807, 2.05) is 4.90 Å². The van der Waals surface area contributed by atoms with Crippen LogP contribution in [0, 0.1) is 0 Å². The van der Waals surface area contributed by atoms with Crippen molar-refractivity contribution in [2.24, 2.45) is 5.73 Å². The van der Waals surface area contributed by atoms with Crippen molar-refractivity contribution in [1.82, 2.24) is 9.80 Å². The van der Waals surface area contributed by atoms with E-state index in [1.165, 1.54) is 6.26 Å². The number of carbonyl (C=O) groups excluding carboxylic acids is 1. The van der Waals surface area contributed by atoms with Crippen LogP contribution in [0.1, 0.15) is 24.4 Å². The predicted molar refractivity (Wildman–Crippen MR) is 69.3 cm³/mol. The average Bonchev–Trinajstić information content (AvgIpc) is 2.92. The van der Waals surface area contributed by atoms with Crippen LogP contribution in [0.15, 0.2) is 22.8 Å². The topological polar surface area (TPSA) is 62.7 Å². The van der Waals surface area contributed by atoms with E-state index in [1.54, 1.807) is 12.1 Å². The fourth-order valence-corrected chi connectivity index (χ4v) is 2.20. The Labute approximate surface area is 108 Å². The van der Waals surface area contributed by atoms with Gasteiger partial charge in [-0.15, -0.1) is 0 Å². The van der Waals surface area contributed by atoms with Crippen molar-refractivity contribution < 1.29 is 9.21 Å². The summed E-state index contributed by atoms with van der Waals surface area (Å²) in [5, 5.41) is 0. The molecule has 1 fully saturated rings. The Kier molecular flexibility index (Phi) is 3.73. The average molecular weight is 251 g/mol. The van der Waals surface area contributed by atoms with E-state index in [0.29, 0.717) is 12.3 Å². The third-order valence-electron chi connectivity index (χ3n) is 3.65. The summed E-state index contributed by atoms with van der Waals surface area (Å²) in [6.07, 6.45) is 1.53. The summed E-state index contributed by atoms with van der Waals surface area (Å²) in [4.78, 5) is 16.2. The van der Waals surface area contributed by atoms with Gasteiger partial charge in [0.05, 0.1) is 6.26 Å². The van der Waals surface area contributed by atoms with Crippen molar-refractivity contribution in [2.45, 2.75) is 19.4 Å². The first-order valence-electron chi connectivity index (χ1n) is 6.32. The number of carbonyl (C=O) groups is 1. The molecule has 5 nitrogen and oxygen atoms in total. The van der Waals surface area contributed by atoms with Gasteiger partial charge in [-0.2, -0.15) is 0 Å². The summed E-state index contributed by atoms with van der Waals surface area (Å²) in [6, 6.07) is 3.44. The van der Waals surface area contributed by atoms with Crippen molar-refractivity contribution in [3.63, 3.8) is 0 Å². The highest BCUT2D eigenvalue weighted by Gasteiger charge is 2.30. The van der Waals surface area contributed by atoms with Crippen LogP contribution in [-0.2, 0) is 0 Å². The van der Waals surface area contributed by atoms with Crippen LogP contribution in [0.25, 0.3) is 0 Å². The molecular formula is C13H21N3O2. The molecule has 18 heavy (non-hydrogen) atoms. The smallest absolute Gasteiger partial charge is 0.289 e. The lowest BCUT2D eigenvalue weighted by Crippen LogP contribution is -2.58. The van der Waals surface area contributed by atoms with Crippen LogP contribution in [0.3, 0.4) is 0 Å². The molecule has 1 amide bonds. The maximum absolute atomic E-state index is 12.1. The monoisotopic (exact) mass is 251 g/mol. The first-order valence-corrected chi connectivity index (χ1v) is 6.32. The number of furan rings is 1. The van der Waals surface area contributed by atoms with Crippen molar-refractivity contribution >= 4 is 5.91 Å². The summed E-state index contributed by atoms with van der Waals surface area (Å²) in [5.74, 6) is 0.395. The largest absolute Gasteiger partial charge is 0.459 e. The molecule has 100 valence electrons. The maximum atomic E-state index is 12.1. The molecular weight excluding hydrogens is 230 g/mol. The number of nitrogens with two attached hydrogens (primary N) is 1. The minimum absolute atomic E-state index is 0.000179. The van der Waals surface area contributed by atoms with E-state index in [0.717, 1.165) is 26.2 Å². The number of nitrogens with zero attached hydrogens (tertiary/aromatic N) is 2. The fraction of sp³-hybridized carbons (Fsp3) is 0.615. The normalized spacial score (nSPS) is 18.1. The van der Waals surface area contributed by atoms with E-state index < -0.39 is 0 Å². The Balaban J connectivity index is 1.93. The van der Waals surface area contributed by atoms with Gasteiger partial charge in [-0.25, -0.2) is 0 Å². The predicted octanol–water partition coefficient (Wildman–Crippen LogP) is 0.775. The zero-order valence-electron chi connectivity index (χ0n) is 11.1. The second-order valence-electron chi connectivity index (χ2n) is 5.27. The van der Waals surface area contributed by atoms with Crippen LogP contribution in [0.4, 0.5) is 0 Å². The van der Waals surface area contributed by atoms with Gasteiger partial charge in [0, 0.05) is 38.3 Å². The zero-order chi connectivity index (χ0) is 13.2. The molecule has 0 unspecified atom stereocenters. The molecule has 0 aromatic carbocycles. The number of amides is 1. The fourth-order valence-electron chi connectivity index (χ4n) is 2.20. The number of hydrogen-bond acceptors (Lipinski definition) is 4. The van der Waals surface area contributed by atoms with Crippen molar-refractivity contribution in [3.05, 3.63) is 24.2 Å². The summed E-state index contributed by atoms with van der Waals surface area (Å²) < 4.78 is 5.14. The molecule has 2 N–H and O–H groups in total. The summed E-state index contributed by atoms with van der Waals surface area (Å²) >= 11 is 0. The molecule has 0 spiro atoms. The van der Waals surface area contributed by atoms with Crippen molar-refractivity contribution in [3.8, 4) is 0 Å². The minimum Gasteiger partial charge on any atom is -0.459 e. The molecule has 0 atom stereocenters. The van der Waals surface area contributed by atoms with Gasteiger partial charge in [0.1, 0.15) is 0 Å². The zero-order valence-corrected chi connectivity index (χ0v) is 11.1. The molecule has 1 saturated heterocycles. The standard InChI is InChI=1S/C13H21N3O2/c1-13(2,10-14)16-7-5-15(6-8-16)12(17)11-4-3-9-18-11/h3-4,9H,5-8,10,14H2,1-2H3. The van der Waals surface area contributed by atoms with Gasteiger partial charge in [0.2, 0.25) is 0 Å². The third-order valence-corrected chi connectivity index (χ3v) is 3.65. The molecule has 0 aliphatic carbocycles. The van der Waals surface area contributed by atoms with Gasteiger partial charge in [-0.3, -0.25) is 9.69 Å². The Morgan fingerprint density at radius 3 is 2.56 bits per heavy atom.